The molecule has 0 aromatic heterocycles. The van der Waals surface area contributed by atoms with Gasteiger partial charge in [-0.2, -0.15) is 0 Å². The fraction of sp³-hybridized carbons (Fsp3) is 0.300. The van der Waals surface area contributed by atoms with E-state index in [0.29, 0.717) is 23.1 Å². The molecule has 1 heterocycles. The standard InChI is InChI=1S/C10H8Br2FNO/c11-6-4-9(15)14(5-6)10-7(12)2-1-3-8(10)13/h1-3,6H,4-5H2. The van der Waals surface area contributed by atoms with E-state index < -0.39 is 0 Å². The first-order valence-corrected chi connectivity index (χ1v) is 6.19. The summed E-state index contributed by atoms with van der Waals surface area (Å²) in [5.41, 5.74) is 0.337. The number of anilines is 1. The zero-order chi connectivity index (χ0) is 11.0. The zero-order valence-electron chi connectivity index (χ0n) is 7.71. The molecule has 1 saturated heterocycles. The Kier molecular flexibility index (Phi) is 3.11. The van der Waals surface area contributed by atoms with Crippen LogP contribution in [-0.4, -0.2) is 17.3 Å². The summed E-state index contributed by atoms with van der Waals surface area (Å²) in [6, 6.07) is 4.69. The van der Waals surface area contributed by atoms with Crippen LogP contribution in [0.15, 0.2) is 22.7 Å². The van der Waals surface area contributed by atoms with Gasteiger partial charge >= 0.3 is 0 Å². The number of rotatable bonds is 1. The number of benzene rings is 1. The quantitative estimate of drug-likeness (QED) is 0.722. The Morgan fingerprint density at radius 2 is 2.20 bits per heavy atom. The average molecular weight is 337 g/mol. The second-order valence-electron chi connectivity index (χ2n) is 3.38. The maximum absolute atomic E-state index is 13.6. The van der Waals surface area contributed by atoms with Crippen molar-refractivity contribution in [1.82, 2.24) is 0 Å². The van der Waals surface area contributed by atoms with Gasteiger partial charge in [-0.1, -0.05) is 22.0 Å². The molecule has 0 N–H and O–H groups in total. The molecule has 0 bridgehead atoms. The Bertz CT molecular complexity index is 390. The van der Waals surface area contributed by atoms with E-state index in [2.05, 4.69) is 31.9 Å². The number of para-hydroxylation sites is 1. The Morgan fingerprint density at radius 1 is 1.47 bits per heavy atom. The number of amides is 1. The van der Waals surface area contributed by atoms with Crippen molar-refractivity contribution in [3.05, 3.63) is 28.5 Å². The van der Waals surface area contributed by atoms with E-state index in [9.17, 15) is 9.18 Å². The van der Waals surface area contributed by atoms with Crippen LogP contribution < -0.4 is 4.90 Å². The van der Waals surface area contributed by atoms with Crippen molar-refractivity contribution >= 4 is 43.5 Å². The molecule has 15 heavy (non-hydrogen) atoms. The number of nitrogens with zero attached hydrogens (tertiary/aromatic N) is 1. The summed E-state index contributed by atoms with van der Waals surface area (Å²) in [5, 5.41) is 0. The number of hydrogen-bond acceptors (Lipinski definition) is 1. The summed E-state index contributed by atoms with van der Waals surface area (Å²) < 4.78 is 14.2. The van der Waals surface area contributed by atoms with E-state index in [-0.39, 0.29) is 16.6 Å². The van der Waals surface area contributed by atoms with Gasteiger partial charge in [0.05, 0.1) is 5.69 Å². The highest BCUT2D eigenvalue weighted by Gasteiger charge is 2.31. The highest BCUT2D eigenvalue weighted by atomic mass is 79.9. The van der Waals surface area contributed by atoms with E-state index >= 15 is 0 Å². The van der Waals surface area contributed by atoms with Crippen molar-refractivity contribution in [2.75, 3.05) is 11.4 Å². The smallest absolute Gasteiger partial charge is 0.228 e. The number of carbonyl (C=O) groups excluding carboxylic acids is 1. The Hall–Kier alpha value is -0.420. The SMILES string of the molecule is O=C1CC(Br)CN1c1c(F)cccc1Br. The predicted molar refractivity (Wildman–Crippen MR) is 63.8 cm³/mol. The minimum Gasteiger partial charge on any atom is -0.308 e. The lowest BCUT2D eigenvalue weighted by atomic mass is 10.3. The summed E-state index contributed by atoms with van der Waals surface area (Å²) in [4.78, 5) is 13.2. The van der Waals surface area contributed by atoms with E-state index in [4.69, 9.17) is 0 Å². The van der Waals surface area contributed by atoms with E-state index in [1.165, 1.54) is 11.0 Å². The van der Waals surface area contributed by atoms with Crippen molar-refractivity contribution in [1.29, 1.82) is 0 Å². The molecule has 1 atom stereocenters. The average Bonchev–Trinajstić information content (AvgIpc) is 2.45. The minimum absolute atomic E-state index is 0.0531. The van der Waals surface area contributed by atoms with Gasteiger partial charge in [-0.05, 0) is 28.1 Å². The van der Waals surface area contributed by atoms with Gasteiger partial charge in [0.2, 0.25) is 5.91 Å². The molecular weight excluding hydrogens is 329 g/mol. The topological polar surface area (TPSA) is 20.3 Å². The summed E-state index contributed by atoms with van der Waals surface area (Å²) in [5.74, 6) is -0.429. The molecule has 1 aromatic carbocycles. The van der Waals surface area contributed by atoms with Crippen molar-refractivity contribution in [2.24, 2.45) is 0 Å². The molecule has 1 aromatic rings. The van der Waals surface area contributed by atoms with Crippen LogP contribution in [0.5, 0.6) is 0 Å². The second-order valence-corrected chi connectivity index (χ2v) is 5.53. The molecule has 2 nitrogen and oxygen atoms in total. The monoisotopic (exact) mass is 335 g/mol. The Morgan fingerprint density at radius 3 is 2.73 bits per heavy atom. The molecule has 80 valence electrons. The maximum atomic E-state index is 13.6. The van der Waals surface area contributed by atoms with Crippen LogP contribution in [0.1, 0.15) is 6.42 Å². The van der Waals surface area contributed by atoms with Crippen molar-refractivity contribution in [3.63, 3.8) is 0 Å². The third kappa shape index (κ3) is 2.08. The first-order chi connectivity index (χ1) is 7.09. The van der Waals surface area contributed by atoms with Gasteiger partial charge in [0.15, 0.2) is 0 Å². The van der Waals surface area contributed by atoms with Gasteiger partial charge in [-0.3, -0.25) is 4.79 Å². The highest BCUT2D eigenvalue weighted by molar-refractivity contribution is 9.10. The summed E-state index contributed by atoms with van der Waals surface area (Å²) in [6.07, 6.45) is 0.417. The molecule has 1 aliphatic heterocycles. The molecule has 0 saturated carbocycles. The molecule has 0 spiro atoms. The second kappa shape index (κ2) is 4.22. The van der Waals surface area contributed by atoms with Crippen LogP contribution in [0.2, 0.25) is 0 Å². The van der Waals surface area contributed by atoms with Gasteiger partial charge in [0, 0.05) is 22.3 Å². The molecule has 1 fully saturated rings. The first kappa shape index (κ1) is 11.1. The third-order valence-electron chi connectivity index (χ3n) is 2.29. The number of halogens is 3. The lowest BCUT2D eigenvalue weighted by Gasteiger charge is -2.18. The molecule has 5 heteroatoms. The van der Waals surface area contributed by atoms with Crippen LogP contribution in [0.3, 0.4) is 0 Å². The maximum Gasteiger partial charge on any atom is 0.228 e. The number of hydrogen-bond donors (Lipinski definition) is 0. The molecule has 0 radical (unpaired) electrons. The Balaban J connectivity index is 2.41. The molecule has 1 unspecified atom stereocenters. The summed E-state index contributed by atoms with van der Waals surface area (Å²) in [7, 11) is 0. The predicted octanol–water partition coefficient (Wildman–Crippen LogP) is 3.09. The third-order valence-corrected chi connectivity index (χ3v) is 3.54. The molecule has 1 aliphatic rings. The molecule has 0 aliphatic carbocycles. The largest absolute Gasteiger partial charge is 0.308 e. The summed E-state index contributed by atoms with van der Waals surface area (Å²) in [6.45, 7) is 0.512. The molecule has 1 amide bonds. The summed E-state index contributed by atoms with van der Waals surface area (Å²) >= 11 is 6.62. The van der Waals surface area contributed by atoms with E-state index in [0.717, 1.165) is 0 Å². The van der Waals surface area contributed by atoms with Crippen LogP contribution in [0.4, 0.5) is 10.1 Å². The number of carbonyl (C=O) groups is 1. The Labute approximate surface area is 104 Å². The van der Waals surface area contributed by atoms with Crippen LogP contribution in [0.25, 0.3) is 0 Å². The van der Waals surface area contributed by atoms with Crippen molar-refractivity contribution in [3.8, 4) is 0 Å². The van der Waals surface area contributed by atoms with Gasteiger partial charge < -0.3 is 4.90 Å². The first-order valence-electron chi connectivity index (χ1n) is 4.48. The van der Waals surface area contributed by atoms with Crippen LogP contribution in [0, 0.1) is 5.82 Å². The van der Waals surface area contributed by atoms with Gasteiger partial charge in [0.25, 0.3) is 0 Å². The zero-order valence-corrected chi connectivity index (χ0v) is 10.9. The highest BCUT2D eigenvalue weighted by Crippen LogP contribution is 2.33. The number of alkyl halides is 1. The van der Waals surface area contributed by atoms with Gasteiger partial charge in [0.1, 0.15) is 5.82 Å². The lowest BCUT2D eigenvalue weighted by molar-refractivity contribution is -0.117. The van der Waals surface area contributed by atoms with Crippen LogP contribution in [-0.2, 0) is 4.79 Å². The fourth-order valence-electron chi connectivity index (χ4n) is 1.63. The van der Waals surface area contributed by atoms with E-state index in [1.54, 1.807) is 12.1 Å². The van der Waals surface area contributed by atoms with Crippen molar-refractivity contribution in [2.45, 2.75) is 11.2 Å². The van der Waals surface area contributed by atoms with E-state index in [1.807, 2.05) is 0 Å². The molecule has 2 rings (SSSR count). The van der Waals surface area contributed by atoms with Crippen molar-refractivity contribution < 1.29 is 9.18 Å². The molecular formula is C10H8Br2FNO. The van der Waals surface area contributed by atoms with Gasteiger partial charge in [-0.15, -0.1) is 0 Å². The normalized spacial score (nSPS) is 21.1. The lowest BCUT2D eigenvalue weighted by Crippen LogP contribution is -2.26. The minimum atomic E-state index is -0.376. The van der Waals surface area contributed by atoms with Crippen LogP contribution >= 0.6 is 31.9 Å². The van der Waals surface area contributed by atoms with Gasteiger partial charge in [-0.25, -0.2) is 4.39 Å². The fourth-order valence-corrected chi connectivity index (χ4v) is 2.75.